The molecule has 0 aliphatic heterocycles. The van der Waals surface area contributed by atoms with Gasteiger partial charge in [-0.25, -0.2) is 4.79 Å². The molecule has 0 atom stereocenters. The smallest absolute Gasteiger partial charge is 0.322 e. The van der Waals surface area contributed by atoms with E-state index >= 15 is 0 Å². The van der Waals surface area contributed by atoms with E-state index < -0.39 is 0 Å². The number of anilines is 1. The van der Waals surface area contributed by atoms with E-state index in [1.54, 1.807) is 24.3 Å². The van der Waals surface area contributed by atoms with Crippen molar-refractivity contribution in [2.24, 2.45) is 0 Å². The highest BCUT2D eigenvalue weighted by Crippen LogP contribution is 2.24. The van der Waals surface area contributed by atoms with E-state index in [1.165, 1.54) is 0 Å². The lowest BCUT2D eigenvalue weighted by Crippen LogP contribution is -2.34. The van der Waals surface area contributed by atoms with Crippen LogP contribution in [0.5, 0.6) is 5.75 Å². The number of aromatic nitrogens is 1. The van der Waals surface area contributed by atoms with E-state index in [0.29, 0.717) is 23.8 Å². The monoisotopic (exact) mass is 417 g/mol. The Morgan fingerprint density at radius 1 is 1.06 bits per heavy atom. The largest absolute Gasteiger partial charge is 0.497 e. The van der Waals surface area contributed by atoms with Crippen LogP contribution >= 0.6 is 0 Å². The third-order valence-corrected chi connectivity index (χ3v) is 4.89. The average molecular weight is 417 g/mol. The second-order valence-electron chi connectivity index (χ2n) is 7.09. The van der Waals surface area contributed by atoms with E-state index in [9.17, 15) is 4.79 Å². The Kier molecular flexibility index (Phi) is 6.03. The number of nitrogens with one attached hydrogen (secondary N) is 1. The van der Waals surface area contributed by atoms with Gasteiger partial charge in [-0.05, 0) is 55.0 Å². The molecule has 2 amide bonds. The van der Waals surface area contributed by atoms with Crippen molar-refractivity contribution in [3.05, 3.63) is 90.0 Å². The maximum atomic E-state index is 13.0. The Morgan fingerprint density at radius 2 is 1.87 bits per heavy atom. The average Bonchev–Trinajstić information content (AvgIpc) is 3.47. The van der Waals surface area contributed by atoms with Gasteiger partial charge >= 0.3 is 6.03 Å². The molecule has 2 aromatic carbocycles. The zero-order valence-electron chi connectivity index (χ0n) is 17.4. The number of aryl methyl sites for hydroxylation is 1. The minimum atomic E-state index is -0.250. The van der Waals surface area contributed by atoms with Gasteiger partial charge in [0.1, 0.15) is 17.2 Å². The van der Waals surface area contributed by atoms with Crippen molar-refractivity contribution in [1.82, 2.24) is 10.1 Å². The molecule has 0 radical (unpaired) electrons. The summed E-state index contributed by atoms with van der Waals surface area (Å²) >= 11 is 0. The van der Waals surface area contributed by atoms with Crippen LogP contribution in [0.15, 0.2) is 81.9 Å². The van der Waals surface area contributed by atoms with Crippen molar-refractivity contribution < 1.29 is 18.5 Å². The highest BCUT2D eigenvalue weighted by molar-refractivity contribution is 5.90. The van der Waals surface area contributed by atoms with Crippen molar-refractivity contribution >= 4 is 11.7 Å². The van der Waals surface area contributed by atoms with Gasteiger partial charge in [0.15, 0.2) is 5.76 Å². The Labute approximate surface area is 180 Å². The van der Waals surface area contributed by atoms with Crippen LogP contribution < -0.4 is 10.1 Å². The Balaban J connectivity index is 1.52. The summed E-state index contributed by atoms with van der Waals surface area (Å²) in [5.74, 6) is 2.06. The van der Waals surface area contributed by atoms with E-state index in [4.69, 9.17) is 13.7 Å². The van der Waals surface area contributed by atoms with Crippen LogP contribution in [0, 0.1) is 6.92 Å². The van der Waals surface area contributed by atoms with Crippen molar-refractivity contribution in [2.45, 2.75) is 20.0 Å². The first-order valence-corrected chi connectivity index (χ1v) is 9.86. The molecular formula is C24H23N3O4. The maximum absolute atomic E-state index is 13.0. The summed E-state index contributed by atoms with van der Waals surface area (Å²) in [4.78, 5) is 14.7. The molecule has 0 saturated carbocycles. The molecule has 4 aromatic rings. The highest BCUT2D eigenvalue weighted by atomic mass is 16.5. The van der Waals surface area contributed by atoms with Crippen LogP contribution in [-0.4, -0.2) is 23.2 Å². The summed E-state index contributed by atoms with van der Waals surface area (Å²) in [7, 11) is 1.62. The normalized spacial score (nSPS) is 10.6. The van der Waals surface area contributed by atoms with Crippen molar-refractivity contribution in [3.63, 3.8) is 0 Å². The van der Waals surface area contributed by atoms with Crippen LogP contribution in [0.1, 0.15) is 17.0 Å². The van der Waals surface area contributed by atoms with Gasteiger partial charge in [0.25, 0.3) is 0 Å². The molecule has 2 heterocycles. The predicted octanol–water partition coefficient (Wildman–Crippen LogP) is 5.49. The second kappa shape index (κ2) is 9.21. The summed E-state index contributed by atoms with van der Waals surface area (Å²) in [6, 6.07) is 20.4. The number of hydrogen-bond donors (Lipinski definition) is 1. The topological polar surface area (TPSA) is 80.7 Å². The SMILES string of the molecule is COc1ccc(-c2cc(CN(Cc3ccco3)C(=O)Nc3ccccc3C)no2)cc1. The molecule has 158 valence electrons. The molecule has 7 heteroatoms. The van der Waals surface area contributed by atoms with Crippen LogP contribution in [0.25, 0.3) is 11.3 Å². The fraction of sp³-hybridized carbons (Fsp3) is 0.167. The minimum Gasteiger partial charge on any atom is -0.497 e. The van der Waals surface area contributed by atoms with Gasteiger partial charge in [-0.15, -0.1) is 0 Å². The van der Waals surface area contributed by atoms with Crippen molar-refractivity contribution in [1.29, 1.82) is 0 Å². The van der Waals surface area contributed by atoms with E-state index in [1.807, 2.05) is 67.6 Å². The molecule has 0 aliphatic rings. The second-order valence-corrected chi connectivity index (χ2v) is 7.09. The summed E-state index contributed by atoms with van der Waals surface area (Å²) in [6.45, 7) is 2.51. The van der Waals surface area contributed by atoms with E-state index in [2.05, 4.69) is 10.5 Å². The summed E-state index contributed by atoms with van der Waals surface area (Å²) in [6.07, 6.45) is 1.59. The molecule has 0 saturated heterocycles. The number of carbonyl (C=O) groups is 1. The lowest BCUT2D eigenvalue weighted by Gasteiger charge is -2.21. The van der Waals surface area contributed by atoms with Gasteiger partial charge in [-0.2, -0.15) is 0 Å². The molecule has 0 bridgehead atoms. The third-order valence-electron chi connectivity index (χ3n) is 4.89. The number of nitrogens with zero attached hydrogens (tertiary/aromatic N) is 2. The number of ether oxygens (including phenoxy) is 1. The molecule has 0 spiro atoms. The zero-order chi connectivity index (χ0) is 21.6. The molecule has 4 rings (SSSR count). The molecule has 31 heavy (non-hydrogen) atoms. The van der Waals surface area contributed by atoms with Gasteiger partial charge in [0.2, 0.25) is 0 Å². The van der Waals surface area contributed by atoms with Gasteiger partial charge < -0.3 is 23.9 Å². The lowest BCUT2D eigenvalue weighted by atomic mass is 10.1. The zero-order valence-corrected chi connectivity index (χ0v) is 17.4. The number of rotatable bonds is 7. The molecule has 0 unspecified atom stereocenters. The van der Waals surface area contributed by atoms with Gasteiger partial charge in [-0.3, -0.25) is 0 Å². The number of methoxy groups -OCH3 is 1. The first-order valence-electron chi connectivity index (χ1n) is 9.86. The minimum absolute atomic E-state index is 0.250. The summed E-state index contributed by atoms with van der Waals surface area (Å²) in [5.41, 5.74) is 3.26. The van der Waals surface area contributed by atoms with Crippen LogP contribution in [0.4, 0.5) is 10.5 Å². The molecule has 2 aromatic heterocycles. The molecule has 0 aliphatic carbocycles. The van der Waals surface area contributed by atoms with Crippen LogP contribution in [0.2, 0.25) is 0 Å². The number of amides is 2. The third kappa shape index (κ3) is 4.95. The highest BCUT2D eigenvalue weighted by Gasteiger charge is 2.19. The number of hydrogen-bond acceptors (Lipinski definition) is 5. The number of para-hydroxylation sites is 1. The van der Waals surface area contributed by atoms with Crippen molar-refractivity contribution in [2.75, 3.05) is 12.4 Å². The van der Waals surface area contributed by atoms with E-state index in [-0.39, 0.29) is 12.6 Å². The standard InChI is InChI=1S/C24H23N3O4/c1-17-6-3-4-8-22(17)25-24(28)27(16-21-7-5-13-30-21)15-19-14-23(31-26-19)18-9-11-20(29-2)12-10-18/h3-14H,15-16H2,1-2H3,(H,25,28). The molecular weight excluding hydrogens is 394 g/mol. The fourth-order valence-electron chi connectivity index (χ4n) is 3.17. The van der Waals surface area contributed by atoms with Crippen LogP contribution in [0.3, 0.4) is 0 Å². The molecule has 0 fully saturated rings. The lowest BCUT2D eigenvalue weighted by molar-refractivity contribution is 0.199. The van der Waals surface area contributed by atoms with E-state index in [0.717, 1.165) is 22.6 Å². The Morgan fingerprint density at radius 3 is 2.58 bits per heavy atom. The molecule has 7 nitrogen and oxygen atoms in total. The first kappa shape index (κ1) is 20.3. The fourth-order valence-corrected chi connectivity index (χ4v) is 3.17. The summed E-state index contributed by atoms with van der Waals surface area (Å²) in [5, 5.41) is 7.12. The number of urea groups is 1. The Bertz CT molecular complexity index is 1130. The Hall–Kier alpha value is -4.00. The molecule has 1 N–H and O–H groups in total. The van der Waals surface area contributed by atoms with Gasteiger partial charge in [0.05, 0.1) is 26.5 Å². The van der Waals surface area contributed by atoms with Crippen LogP contribution in [-0.2, 0) is 13.1 Å². The van der Waals surface area contributed by atoms with Gasteiger partial charge in [0, 0.05) is 17.3 Å². The first-order chi connectivity index (χ1) is 15.1. The van der Waals surface area contributed by atoms with Crippen molar-refractivity contribution in [3.8, 4) is 17.1 Å². The summed E-state index contributed by atoms with van der Waals surface area (Å²) < 4.78 is 16.1. The quantitative estimate of drug-likeness (QED) is 0.430. The van der Waals surface area contributed by atoms with Gasteiger partial charge in [-0.1, -0.05) is 23.4 Å². The number of furan rings is 1. The number of carbonyl (C=O) groups excluding carboxylic acids is 1. The predicted molar refractivity (Wildman–Crippen MR) is 117 cm³/mol. The number of benzene rings is 2. The maximum Gasteiger partial charge on any atom is 0.322 e.